The van der Waals surface area contributed by atoms with Crippen molar-refractivity contribution in [3.8, 4) is 11.3 Å². The predicted octanol–water partition coefficient (Wildman–Crippen LogP) is 3.56. The molecule has 6 rings (SSSR count). The quantitative estimate of drug-likeness (QED) is 0.501. The third kappa shape index (κ3) is 4.34. The number of aromatic nitrogens is 3. The van der Waals surface area contributed by atoms with Crippen LogP contribution in [0, 0.1) is 5.92 Å². The molecule has 1 spiro atoms. The van der Waals surface area contributed by atoms with Gasteiger partial charge in [-0.3, -0.25) is 23.9 Å². The smallest absolute Gasteiger partial charge is 0.255 e. The van der Waals surface area contributed by atoms with E-state index in [0.717, 1.165) is 44.1 Å². The highest BCUT2D eigenvalue weighted by atomic mass is 16.2. The van der Waals surface area contributed by atoms with E-state index in [1.165, 1.54) is 0 Å². The normalized spacial score (nSPS) is 18.8. The van der Waals surface area contributed by atoms with Gasteiger partial charge in [0.05, 0.1) is 12.2 Å². The van der Waals surface area contributed by atoms with E-state index in [2.05, 4.69) is 9.88 Å². The minimum absolute atomic E-state index is 0.00929. The van der Waals surface area contributed by atoms with Crippen LogP contribution in [0.4, 0.5) is 5.95 Å². The standard InChI is InChI=1S/C29H31N5O3/c35-25(22-5-2-1-3-6-22)20-34-28-31-24(21-9-14-30-15-10-21)19-26(36)33(28)18-13-29(34)11-16-32(17-12-29)27(37)23-7-4-8-23/h1-3,5-6,9-10,14-15,19,23H,4,7-8,11-13,16-18,20H2. The number of pyridine rings is 1. The first-order valence-electron chi connectivity index (χ1n) is 13.2. The fraction of sp³-hybridized carbons (Fsp3) is 0.414. The van der Waals surface area contributed by atoms with Crippen molar-refractivity contribution in [2.75, 3.05) is 24.5 Å². The van der Waals surface area contributed by atoms with Gasteiger partial charge >= 0.3 is 0 Å². The van der Waals surface area contributed by atoms with Crippen LogP contribution in [0.25, 0.3) is 11.3 Å². The Morgan fingerprint density at radius 1 is 0.946 bits per heavy atom. The van der Waals surface area contributed by atoms with E-state index in [0.29, 0.717) is 36.8 Å². The molecule has 0 atom stereocenters. The molecule has 0 bridgehead atoms. The molecule has 2 fully saturated rings. The summed E-state index contributed by atoms with van der Waals surface area (Å²) < 4.78 is 1.69. The first kappa shape index (κ1) is 23.6. The van der Waals surface area contributed by atoms with Gasteiger partial charge in [-0.15, -0.1) is 0 Å². The summed E-state index contributed by atoms with van der Waals surface area (Å²) in [5.41, 5.74) is 1.56. The monoisotopic (exact) mass is 497 g/mol. The van der Waals surface area contributed by atoms with Crippen LogP contribution >= 0.6 is 0 Å². The number of carbonyl (C=O) groups excluding carboxylic acids is 2. The second-order valence-corrected chi connectivity index (χ2v) is 10.5. The molecule has 1 saturated heterocycles. The molecule has 8 nitrogen and oxygen atoms in total. The number of likely N-dealkylation sites (tertiary alicyclic amines) is 1. The van der Waals surface area contributed by atoms with Crippen molar-refractivity contribution in [1.29, 1.82) is 0 Å². The van der Waals surface area contributed by atoms with Crippen molar-refractivity contribution in [1.82, 2.24) is 19.4 Å². The van der Waals surface area contributed by atoms with Gasteiger partial charge in [0, 0.05) is 60.7 Å². The second-order valence-electron chi connectivity index (χ2n) is 10.5. The molecule has 1 aromatic carbocycles. The Morgan fingerprint density at radius 3 is 2.32 bits per heavy atom. The molecular weight excluding hydrogens is 466 g/mol. The summed E-state index contributed by atoms with van der Waals surface area (Å²) >= 11 is 0. The van der Waals surface area contributed by atoms with Gasteiger partial charge in [-0.1, -0.05) is 36.8 Å². The molecule has 2 aromatic heterocycles. The lowest BCUT2D eigenvalue weighted by Gasteiger charge is -2.52. The molecule has 1 amide bonds. The predicted molar refractivity (Wildman–Crippen MR) is 140 cm³/mol. The largest absolute Gasteiger partial charge is 0.342 e. The summed E-state index contributed by atoms with van der Waals surface area (Å²) in [6.07, 6.45) is 8.74. The fourth-order valence-corrected chi connectivity index (χ4v) is 5.92. The zero-order chi connectivity index (χ0) is 25.4. The van der Waals surface area contributed by atoms with Crippen LogP contribution < -0.4 is 10.5 Å². The van der Waals surface area contributed by atoms with Crippen LogP contribution in [0.5, 0.6) is 0 Å². The first-order valence-corrected chi connectivity index (χ1v) is 13.2. The fourth-order valence-electron chi connectivity index (χ4n) is 5.92. The summed E-state index contributed by atoms with van der Waals surface area (Å²) in [6, 6.07) is 14.5. The summed E-state index contributed by atoms with van der Waals surface area (Å²) in [7, 11) is 0. The van der Waals surface area contributed by atoms with E-state index in [1.54, 1.807) is 23.0 Å². The van der Waals surface area contributed by atoms with Crippen molar-refractivity contribution in [2.45, 2.75) is 50.6 Å². The maximum absolute atomic E-state index is 13.5. The van der Waals surface area contributed by atoms with E-state index in [1.807, 2.05) is 47.4 Å². The topological polar surface area (TPSA) is 88.4 Å². The number of fused-ring (bicyclic) bond motifs is 1. The highest BCUT2D eigenvalue weighted by Gasteiger charge is 2.46. The maximum atomic E-state index is 13.5. The zero-order valence-corrected chi connectivity index (χ0v) is 20.9. The molecule has 0 unspecified atom stereocenters. The Hall–Kier alpha value is -3.81. The summed E-state index contributed by atoms with van der Waals surface area (Å²) in [4.78, 5) is 52.8. The number of nitrogens with zero attached hydrogens (tertiary/aromatic N) is 5. The number of hydrogen-bond acceptors (Lipinski definition) is 6. The molecule has 1 aliphatic carbocycles. The van der Waals surface area contributed by atoms with E-state index < -0.39 is 0 Å². The number of benzene rings is 1. The van der Waals surface area contributed by atoms with Gasteiger partial charge in [0.1, 0.15) is 0 Å². The molecule has 8 heteroatoms. The molecule has 190 valence electrons. The number of amides is 1. The molecule has 0 N–H and O–H groups in total. The van der Waals surface area contributed by atoms with Gasteiger partial charge in [-0.25, -0.2) is 4.98 Å². The molecule has 3 aliphatic rings. The summed E-state index contributed by atoms with van der Waals surface area (Å²) in [5, 5.41) is 0. The number of hydrogen-bond donors (Lipinski definition) is 0. The molecule has 2 aliphatic heterocycles. The molecule has 37 heavy (non-hydrogen) atoms. The van der Waals surface area contributed by atoms with Crippen molar-refractivity contribution >= 4 is 17.6 Å². The van der Waals surface area contributed by atoms with Crippen molar-refractivity contribution < 1.29 is 9.59 Å². The number of Topliss-reactive ketones (excluding diaryl/α,β-unsaturated/α-hetero) is 1. The number of anilines is 1. The van der Waals surface area contributed by atoms with Gasteiger partial charge in [0.2, 0.25) is 11.9 Å². The van der Waals surface area contributed by atoms with E-state index >= 15 is 0 Å². The lowest BCUT2D eigenvalue weighted by molar-refractivity contribution is -0.139. The lowest BCUT2D eigenvalue weighted by Crippen LogP contribution is -2.62. The summed E-state index contributed by atoms with van der Waals surface area (Å²) in [5.74, 6) is 0.983. The Kier molecular flexibility index (Phi) is 6.10. The van der Waals surface area contributed by atoms with Gasteiger partial charge in [-0.2, -0.15) is 0 Å². The van der Waals surface area contributed by atoms with Gasteiger partial charge in [0.25, 0.3) is 5.56 Å². The molecule has 3 aromatic rings. The summed E-state index contributed by atoms with van der Waals surface area (Å²) in [6.45, 7) is 2.01. The molecule has 1 saturated carbocycles. The van der Waals surface area contributed by atoms with Crippen molar-refractivity contribution in [3.05, 3.63) is 76.8 Å². The first-order chi connectivity index (χ1) is 18.0. The van der Waals surface area contributed by atoms with Crippen LogP contribution in [0.1, 0.15) is 48.9 Å². The Bertz CT molecular complexity index is 1360. The van der Waals surface area contributed by atoms with Crippen molar-refractivity contribution in [3.63, 3.8) is 0 Å². The SMILES string of the molecule is O=C(CN1c2nc(-c3ccncc3)cc(=O)n2CCC12CCN(C(=O)C1CCC1)CC2)c1ccccc1. The van der Waals surface area contributed by atoms with Crippen LogP contribution in [-0.4, -0.2) is 56.3 Å². The maximum Gasteiger partial charge on any atom is 0.255 e. The number of ketones is 1. The molecule has 0 radical (unpaired) electrons. The second kappa shape index (κ2) is 9.57. The number of carbonyl (C=O) groups is 2. The third-order valence-electron chi connectivity index (χ3n) is 8.44. The number of piperidine rings is 1. The minimum Gasteiger partial charge on any atom is -0.342 e. The van der Waals surface area contributed by atoms with Gasteiger partial charge < -0.3 is 9.80 Å². The minimum atomic E-state index is -0.336. The highest BCUT2D eigenvalue weighted by molar-refractivity contribution is 5.99. The third-order valence-corrected chi connectivity index (χ3v) is 8.44. The zero-order valence-electron chi connectivity index (χ0n) is 20.9. The van der Waals surface area contributed by atoms with Gasteiger partial charge in [-0.05, 0) is 44.2 Å². The van der Waals surface area contributed by atoms with E-state index in [9.17, 15) is 14.4 Å². The van der Waals surface area contributed by atoms with Crippen molar-refractivity contribution in [2.24, 2.45) is 5.92 Å². The average Bonchev–Trinajstić information content (AvgIpc) is 2.90. The Labute approximate surface area is 216 Å². The van der Waals surface area contributed by atoms with E-state index in [-0.39, 0.29) is 35.3 Å². The number of rotatable bonds is 5. The Morgan fingerprint density at radius 2 is 1.65 bits per heavy atom. The van der Waals surface area contributed by atoms with Gasteiger partial charge in [0.15, 0.2) is 5.78 Å². The van der Waals surface area contributed by atoms with Crippen LogP contribution in [-0.2, 0) is 11.3 Å². The Balaban J connectivity index is 1.37. The average molecular weight is 498 g/mol. The highest BCUT2D eigenvalue weighted by Crippen LogP contribution is 2.40. The molecular formula is C29H31N5O3. The van der Waals surface area contributed by atoms with Crippen LogP contribution in [0.2, 0.25) is 0 Å². The molecule has 4 heterocycles. The van der Waals surface area contributed by atoms with Crippen LogP contribution in [0.15, 0.2) is 65.7 Å². The van der Waals surface area contributed by atoms with Crippen LogP contribution in [0.3, 0.4) is 0 Å². The van der Waals surface area contributed by atoms with E-state index in [4.69, 9.17) is 4.98 Å². The lowest BCUT2D eigenvalue weighted by atomic mass is 9.79.